The molecule has 2 N–H and O–H groups in total. The third-order valence-electron chi connectivity index (χ3n) is 4.88. The average Bonchev–Trinajstić information content (AvgIpc) is 3.03. The highest BCUT2D eigenvalue weighted by Gasteiger charge is 2.33. The number of hydrogen-bond donors (Lipinski definition) is 1. The second-order valence-electron chi connectivity index (χ2n) is 6.75. The summed E-state index contributed by atoms with van der Waals surface area (Å²) in [5, 5.41) is 4.03. The van der Waals surface area contributed by atoms with Crippen molar-refractivity contribution in [2.45, 2.75) is 43.4 Å². The molecule has 1 aromatic carbocycles. The Balaban J connectivity index is 1.78. The number of benzene rings is 1. The molecule has 1 heterocycles. The Morgan fingerprint density at radius 3 is 2.42 bits per heavy atom. The lowest BCUT2D eigenvalue weighted by atomic mass is 9.72. The Bertz CT molecular complexity index is 791. The van der Waals surface area contributed by atoms with Crippen LogP contribution in [-0.2, 0) is 16.3 Å². The van der Waals surface area contributed by atoms with Crippen molar-refractivity contribution < 1.29 is 12.9 Å². The highest BCUT2D eigenvalue weighted by Crippen LogP contribution is 2.38. The van der Waals surface area contributed by atoms with Crippen molar-refractivity contribution in [2.24, 2.45) is 11.1 Å². The molecule has 0 amide bonds. The molecular formula is C17H23N3O3S. The summed E-state index contributed by atoms with van der Waals surface area (Å²) in [6.45, 7) is 0.633. The summed E-state index contributed by atoms with van der Waals surface area (Å²) in [5.74, 6) is 1.08. The zero-order valence-electron chi connectivity index (χ0n) is 13.9. The van der Waals surface area contributed by atoms with Gasteiger partial charge in [-0.05, 0) is 49.1 Å². The van der Waals surface area contributed by atoms with Crippen molar-refractivity contribution in [2.75, 3.05) is 12.8 Å². The molecule has 24 heavy (non-hydrogen) atoms. The van der Waals surface area contributed by atoms with Crippen LogP contribution in [0.1, 0.15) is 38.0 Å². The normalized spacial score (nSPS) is 17.8. The quantitative estimate of drug-likeness (QED) is 0.891. The molecule has 1 aliphatic carbocycles. The van der Waals surface area contributed by atoms with E-state index >= 15 is 0 Å². The van der Waals surface area contributed by atoms with Crippen molar-refractivity contribution in [1.82, 2.24) is 10.1 Å². The summed E-state index contributed by atoms with van der Waals surface area (Å²) in [6.07, 6.45) is 7.76. The Morgan fingerprint density at radius 1 is 1.17 bits per heavy atom. The molecule has 0 saturated heterocycles. The van der Waals surface area contributed by atoms with Crippen molar-refractivity contribution in [3.8, 4) is 11.4 Å². The first-order valence-electron chi connectivity index (χ1n) is 8.25. The monoisotopic (exact) mass is 349 g/mol. The summed E-state index contributed by atoms with van der Waals surface area (Å²) in [4.78, 5) is 4.75. The molecule has 0 bridgehead atoms. The zero-order valence-corrected chi connectivity index (χ0v) is 14.7. The second-order valence-corrected chi connectivity index (χ2v) is 8.77. The summed E-state index contributed by atoms with van der Waals surface area (Å²) in [5.41, 5.74) is 6.83. The van der Waals surface area contributed by atoms with Crippen LogP contribution in [0.4, 0.5) is 0 Å². The van der Waals surface area contributed by atoms with Gasteiger partial charge in [-0.1, -0.05) is 24.4 Å². The standard InChI is InChI=1S/C17H23N3O3S/c1-24(21,22)14-7-5-13(6-8-14)16-19-15(23-20-16)11-17(12-18)9-3-2-4-10-17/h5-8H,2-4,9-12,18H2,1H3. The highest BCUT2D eigenvalue weighted by atomic mass is 32.2. The maximum Gasteiger partial charge on any atom is 0.227 e. The van der Waals surface area contributed by atoms with Crippen molar-refractivity contribution >= 4 is 9.84 Å². The van der Waals surface area contributed by atoms with Crippen LogP contribution in [0, 0.1) is 5.41 Å². The van der Waals surface area contributed by atoms with E-state index in [2.05, 4.69) is 10.1 Å². The maximum absolute atomic E-state index is 11.5. The fraction of sp³-hybridized carbons (Fsp3) is 0.529. The molecule has 1 aromatic heterocycles. The van der Waals surface area contributed by atoms with E-state index in [1.807, 2.05) is 0 Å². The molecule has 3 rings (SSSR count). The molecule has 0 atom stereocenters. The first-order chi connectivity index (χ1) is 11.4. The minimum absolute atomic E-state index is 0.0716. The molecule has 7 heteroatoms. The van der Waals surface area contributed by atoms with Gasteiger partial charge in [0.2, 0.25) is 11.7 Å². The molecule has 0 radical (unpaired) electrons. The van der Waals surface area contributed by atoms with Crippen LogP contribution in [0.25, 0.3) is 11.4 Å². The first kappa shape index (κ1) is 17.1. The smallest absolute Gasteiger partial charge is 0.227 e. The number of aromatic nitrogens is 2. The van der Waals surface area contributed by atoms with Gasteiger partial charge in [0.25, 0.3) is 0 Å². The van der Waals surface area contributed by atoms with Crippen LogP contribution < -0.4 is 5.73 Å². The van der Waals surface area contributed by atoms with Gasteiger partial charge in [0.05, 0.1) is 4.90 Å². The van der Waals surface area contributed by atoms with Gasteiger partial charge in [-0.2, -0.15) is 4.98 Å². The molecule has 0 unspecified atom stereocenters. The fourth-order valence-corrected chi connectivity index (χ4v) is 4.00. The van der Waals surface area contributed by atoms with Crippen LogP contribution in [0.2, 0.25) is 0 Å². The second kappa shape index (κ2) is 6.64. The summed E-state index contributed by atoms with van der Waals surface area (Å²) in [7, 11) is -3.21. The molecule has 1 saturated carbocycles. The van der Waals surface area contributed by atoms with Crippen molar-refractivity contribution in [1.29, 1.82) is 0 Å². The van der Waals surface area contributed by atoms with Crippen LogP contribution >= 0.6 is 0 Å². The van der Waals surface area contributed by atoms with E-state index in [9.17, 15) is 8.42 Å². The van der Waals surface area contributed by atoms with Crippen LogP contribution in [-0.4, -0.2) is 31.4 Å². The van der Waals surface area contributed by atoms with Crippen LogP contribution in [0.3, 0.4) is 0 Å². The molecule has 1 aliphatic rings. The highest BCUT2D eigenvalue weighted by molar-refractivity contribution is 7.90. The lowest BCUT2D eigenvalue weighted by Crippen LogP contribution is -2.35. The molecule has 1 fully saturated rings. The first-order valence-corrected chi connectivity index (χ1v) is 10.1. The number of sulfone groups is 1. The number of nitrogens with two attached hydrogens (primary N) is 1. The Hall–Kier alpha value is -1.73. The molecule has 6 nitrogen and oxygen atoms in total. The minimum atomic E-state index is -3.21. The van der Waals surface area contributed by atoms with E-state index in [0.29, 0.717) is 24.7 Å². The molecular weight excluding hydrogens is 326 g/mol. The Labute approximate surface area is 142 Å². The van der Waals surface area contributed by atoms with E-state index < -0.39 is 9.84 Å². The van der Waals surface area contributed by atoms with E-state index in [1.165, 1.54) is 25.5 Å². The third-order valence-corrected chi connectivity index (χ3v) is 6.01. The van der Waals surface area contributed by atoms with Crippen LogP contribution in [0.15, 0.2) is 33.7 Å². The van der Waals surface area contributed by atoms with Gasteiger partial charge in [0.15, 0.2) is 9.84 Å². The van der Waals surface area contributed by atoms with Crippen LogP contribution in [0.5, 0.6) is 0 Å². The van der Waals surface area contributed by atoms with Crippen molar-refractivity contribution in [3.63, 3.8) is 0 Å². The van der Waals surface area contributed by atoms with Crippen molar-refractivity contribution in [3.05, 3.63) is 30.2 Å². The van der Waals surface area contributed by atoms with Gasteiger partial charge in [0, 0.05) is 18.2 Å². The average molecular weight is 349 g/mol. The molecule has 0 aliphatic heterocycles. The van der Waals surface area contributed by atoms with E-state index in [0.717, 1.165) is 18.4 Å². The lowest BCUT2D eigenvalue weighted by Gasteiger charge is -2.34. The number of nitrogens with zero attached hydrogens (tertiary/aromatic N) is 2. The number of rotatable bonds is 5. The predicted octanol–water partition coefficient (Wildman–Crippen LogP) is 2.59. The molecule has 2 aromatic rings. The van der Waals surface area contributed by atoms with E-state index in [-0.39, 0.29) is 10.3 Å². The zero-order chi connectivity index (χ0) is 17.2. The molecule has 0 spiro atoms. The minimum Gasteiger partial charge on any atom is -0.339 e. The topological polar surface area (TPSA) is 99.1 Å². The Kier molecular flexibility index (Phi) is 4.73. The SMILES string of the molecule is CS(=O)(=O)c1ccc(-c2noc(CC3(CN)CCCCC3)n2)cc1. The maximum atomic E-state index is 11.5. The summed E-state index contributed by atoms with van der Waals surface area (Å²) < 4.78 is 28.4. The van der Waals surface area contributed by atoms with Gasteiger partial charge in [-0.15, -0.1) is 0 Å². The Morgan fingerprint density at radius 2 is 1.83 bits per heavy atom. The fourth-order valence-electron chi connectivity index (χ4n) is 3.37. The van der Waals surface area contributed by atoms with Gasteiger partial charge in [-0.25, -0.2) is 8.42 Å². The lowest BCUT2D eigenvalue weighted by molar-refractivity contribution is 0.177. The predicted molar refractivity (Wildman–Crippen MR) is 91.1 cm³/mol. The largest absolute Gasteiger partial charge is 0.339 e. The van der Waals surface area contributed by atoms with Gasteiger partial charge in [0.1, 0.15) is 0 Å². The summed E-state index contributed by atoms with van der Waals surface area (Å²) >= 11 is 0. The number of hydrogen-bond acceptors (Lipinski definition) is 6. The van der Waals surface area contributed by atoms with E-state index in [4.69, 9.17) is 10.3 Å². The molecule has 130 valence electrons. The van der Waals surface area contributed by atoms with Gasteiger partial charge < -0.3 is 10.3 Å². The van der Waals surface area contributed by atoms with Gasteiger partial charge in [-0.3, -0.25) is 0 Å². The summed E-state index contributed by atoms with van der Waals surface area (Å²) in [6, 6.07) is 6.51. The van der Waals surface area contributed by atoms with E-state index in [1.54, 1.807) is 24.3 Å². The van der Waals surface area contributed by atoms with Gasteiger partial charge >= 0.3 is 0 Å². The third kappa shape index (κ3) is 3.67.